The zero-order valence-electron chi connectivity index (χ0n) is 10.1. The lowest BCUT2D eigenvalue weighted by Gasteiger charge is -2.12. The fourth-order valence-electron chi connectivity index (χ4n) is 1.39. The summed E-state index contributed by atoms with van der Waals surface area (Å²) in [6.45, 7) is 3.18. The van der Waals surface area contributed by atoms with Gasteiger partial charge in [0.2, 0.25) is 0 Å². The van der Waals surface area contributed by atoms with Gasteiger partial charge in [-0.15, -0.1) is 0 Å². The predicted molar refractivity (Wildman–Crippen MR) is 65.8 cm³/mol. The first-order valence-corrected chi connectivity index (χ1v) is 5.75. The third-order valence-electron chi connectivity index (χ3n) is 2.41. The molecule has 0 aliphatic heterocycles. The minimum Gasteiger partial charge on any atom is -0.480 e. The van der Waals surface area contributed by atoms with E-state index in [0.29, 0.717) is 13.2 Å². The summed E-state index contributed by atoms with van der Waals surface area (Å²) >= 11 is 0. The second kappa shape index (κ2) is 7.81. The van der Waals surface area contributed by atoms with Crippen LogP contribution in [0, 0.1) is 0 Å². The number of aliphatic carboxylic acids is 1. The molecule has 2 N–H and O–H groups in total. The molecule has 1 unspecified atom stereocenters. The van der Waals surface area contributed by atoms with Gasteiger partial charge in [0.15, 0.2) is 0 Å². The average Bonchev–Trinajstić information content (AvgIpc) is 2.33. The van der Waals surface area contributed by atoms with Crippen molar-refractivity contribution in [3.05, 3.63) is 35.9 Å². The smallest absolute Gasteiger partial charge is 0.317 e. The zero-order valence-corrected chi connectivity index (χ0v) is 10.1. The van der Waals surface area contributed by atoms with Gasteiger partial charge in [-0.1, -0.05) is 30.3 Å². The van der Waals surface area contributed by atoms with Crippen molar-refractivity contribution in [3.63, 3.8) is 0 Å². The molecule has 1 aromatic carbocycles. The summed E-state index contributed by atoms with van der Waals surface area (Å²) in [6, 6.07) is 10.1. The molecule has 0 aliphatic rings. The van der Waals surface area contributed by atoms with Crippen molar-refractivity contribution in [1.29, 1.82) is 0 Å². The molecule has 17 heavy (non-hydrogen) atoms. The van der Waals surface area contributed by atoms with Crippen LogP contribution in [-0.4, -0.2) is 30.3 Å². The van der Waals surface area contributed by atoms with Crippen molar-refractivity contribution in [2.75, 3.05) is 13.2 Å². The maximum Gasteiger partial charge on any atom is 0.317 e. The highest BCUT2D eigenvalue weighted by atomic mass is 16.5. The third kappa shape index (κ3) is 6.71. The number of carboxylic acids is 1. The van der Waals surface area contributed by atoms with Gasteiger partial charge >= 0.3 is 5.97 Å². The second-order valence-corrected chi connectivity index (χ2v) is 4.00. The number of hydrogen-bond acceptors (Lipinski definition) is 3. The molecule has 0 spiro atoms. The molecule has 0 amide bonds. The van der Waals surface area contributed by atoms with E-state index in [4.69, 9.17) is 9.84 Å². The van der Waals surface area contributed by atoms with Gasteiger partial charge in [-0.2, -0.15) is 0 Å². The Labute approximate surface area is 102 Å². The first-order valence-electron chi connectivity index (χ1n) is 5.75. The fraction of sp³-hybridized carbons (Fsp3) is 0.462. The van der Waals surface area contributed by atoms with Crippen LogP contribution >= 0.6 is 0 Å². The minimum atomic E-state index is -0.831. The van der Waals surface area contributed by atoms with Gasteiger partial charge < -0.3 is 15.2 Å². The van der Waals surface area contributed by atoms with E-state index in [1.165, 1.54) is 0 Å². The van der Waals surface area contributed by atoms with Gasteiger partial charge in [-0.05, 0) is 18.9 Å². The Kier molecular flexibility index (Phi) is 6.29. The van der Waals surface area contributed by atoms with Crippen molar-refractivity contribution in [2.24, 2.45) is 0 Å². The summed E-state index contributed by atoms with van der Waals surface area (Å²) < 4.78 is 5.51. The Hall–Kier alpha value is -1.39. The Bertz CT molecular complexity index is 327. The van der Waals surface area contributed by atoms with Crippen LogP contribution in [0.3, 0.4) is 0 Å². The van der Waals surface area contributed by atoms with Gasteiger partial charge in [0.05, 0.1) is 13.2 Å². The summed E-state index contributed by atoms with van der Waals surface area (Å²) in [5.41, 5.74) is 1.15. The zero-order chi connectivity index (χ0) is 12.5. The predicted octanol–water partition coefficient (Wildman–Crippen LogP) is 1.66. The van der Waals surface area contributed by atoms with Crippen molar-refractivity contribution >= 4 is 5.97 Å². The van der Waals surface area contributed by atoms with E-state index in [-0.39, 0.29) is 12.6 Å². The highest BCUT2D eigenvalue weighted by Crippen LogP contribution is 2.01. The van der Waals surface area contributed by atoms with Gasteiger partial charge in [0.1, 0.15) is 0 Å². The van der Waals surface area contributed by atoms with E-state index in [2.05, 4.69) is 5.32 Å². The van der Waals surface area contributed by atoms with Crippen LogP contribution < -0.4 is 5.32 Å². The molecule has 1 aromatic rings. The molecular formula is C13H19NO3. The Morgan fingerprint density at radius 3 is 2.76 bits per heavy atom. The number of hydrogen-bond donors (Lipinski definition) is 2. The maximum atomic E-state index is 10.3. The van der Waals surface area contributed by atoms with E-state index < -0.39 is 5.97 Å². The van der Waals surface area contributed by atoms with Crippen LogP contribution in [0.1, 0.15) is 18.9 Å². The average molecular weight is 237 g/mol. The number of benzene rings is 1. The van der Waals surface area contributed by atoms with Crippen molar-refractivity contribution in [3.8, 4) is 0 Å². The monoisotopic (exact) mass is 237 g/mol. The molecular weight excluding hydrogens is 218 g/mol. The summed E-state index contributed by atoms with van der Waals surface area (Å²) in [7, 11) is 0. The Morgan fingerprint density at radius 2 is 2.12 bits per heavy atom. The van der Waals surface area contributed by atoms with E-state index in [9.17, 15) is 4.79 Å². The van der Waals surface area contributed by atoms with Gasteiger partial charge in [-0.3, -0.25) is 4.79 Å². The van der Waals surface area contributed by atoms with E-state index in [0.717, 1.165) is 12.0 Å². The van der Waals surface area contributed by atoms with Crippen molar-refractivity contribution < 1.29 is 14.6 Å². The fourth-order valence-corrected chi connectivity index (χ4v) is 1.39. The maximum absolute atomic E-state index is 10.3. The topological polar surface area (TPSA) is 58.6 Å². The number of carbonyl (C=O) groups is 1. The molecule has 0 aliphatic carbocycles. The minimum absolute atomic E-state index is 0.000147. The largest absolute Gasteiger partial charge is 0.480 e. The molecule has 94 valence electrons. The standard InChI is InChI=1S/C13H19NO3/c1-11(14-9-13(15)16)7-8-17-10-12-5-3-2-4-6-12/h2-6,11,14H,7-10H2,1H3,(H,15,16). The molecule has 4 heteroatoms. The summed E-state index contributed by atoms with van der Waals surface area (Å²) in [6.07, 6.45) is 0.806. The molecule has 0 aromatic heterocycles. The summed E-state index contributed by atoms with van der Waals surface area (Å²) in [4.78, 5) is 10.3. The van der Waals surface area contributed by atoms with Crippen LogP contribution in [0.4, 0.5) is 0 Å². The molecule has 0 radical (unpaired) electrons. The quantitative estimate of drug-likeness (QED) is 0.675. The summed E-state index contributed by atoms with van der Waals surface area (Å²) in [5.74, 6) is -0.831. The van der Waals surface area contributed by atoms with Crippen LogP contribution in [0.15, 0.2) is 30.3 Å². The van der Waals surface area contributed by atoms with Crippen molar-refractivity contribution in [1.82, 2.24) is 5.32 Å². The number of carboxylic acid groups (broad SMARTS) is 1. The second-order valence-electron chi connectivity index (χ2n) is 4.00. The van der Waals surface area contributed by atoms with Crippen molar-refractivity contribution in [2.45, 2.75) is 26.0 Å². The normalized spacial score (nSPS) is 12.3. The lowest BCUT2D eigenvalue weighted by molar-refractivity contribution is -0.136. The number of nitrogens with one attached hydrogen (secondary N) is 1. The molecule has 4 nitrogen and oxygen atoms in total. The highest BCUT2D eigenvalue weighted by molar-refractivity contribution is 5.69. The molecule has 1 rings (SSSR count). The molecule has 1 atom stereocenters. The molecule has 0 fully saturated rings. The molecule has 0 saturated carbocycles. The van der Waals surface area contributed by atoms with Gasteiger partial charge in [0, 0.05) is 12.6 Å². The van der Waals surface area contributed by atoms with Gasteiger partial charge in [0.25, 0.3) is 0 Å². The van der Waals surface area contributed by atoms with E-state index in [1.54, 1.807) is 0 Å². The highest BCUT2D eigenvalue weighted by Gasteiger charge is 2.03. The van der Waals surface area contributed by atoms with E-state index in [1.807, 2.05) is 37.3 Å². The van der Waals surface area contributed by atoms with Crippen LogP contribution in [-0.2, 0) is 16.1 Å². The molecule has 0 saturated heterocycles. The Morgan fingerprint density at radius 1 is 1.41 bits per heavy atom. The van der Waals surface area contributed by atoms with Crippen LogP contribution in [0.5, 0.6) is 0 Å². The van der Waals surface area contributed by atoms with Crippen LogP contribution in [0.2, 0.25) is 0 Å². The molecule has 0 heterocycles. The van der Waals surface area contributed by atoms with Gasteiger partial charge in [-0.25, -0.2) is 0 Å². The lowest BCUT2D eigenvalue weighted by Crippen LogP contribution is -2.32. The first-order chi connectivity index (χ1) is 8.18. The van der Waals surface area contributed by atoms with Crippen LogP contribution in [0.25, 0.3) is 0 Å². The SMILES string of the molecule is CC(CCOCc1ccccc1)NCC(=O)O. The molecule has 0 bridgehead atoms. The Balaban J connectivity index is 2.06. The first kappa shape index (κ1) is 13.7. The number of ether oxygens (including phenoxy) is 1. The number of rotatable bonds is 8. The van der Waals surface area contributed by atoms with E-state index >= 15 is 0 Å². The lowest BCUT2D eigenvalue weighted by atomic mass is 10.2. The third-order valence-corrected chi connectivity index (χ3v) is 2.41. The summed E-state index contributed by atoms with van der Waals surface area (Å²) in [5, 5.41) is 11.4.